The Morgan fingerprint density at radius 3 is 2.71 bits per heavy atom. The number of carboxylic acids is 1. The first-order chi connectivity index (χ1) is 8.11. The molecule has 0 atom stereocenters. The van der Waals surface area contributed by atoms with Gasteiger partial charge in [0, 0.05) is 6.54 Å². The maximum absolute atomic E-state index is 10.8. The van der Waals surface area contributed by atoms with Crippen molar-refractivity contribution in [2.24, 2.45) is 12.8 Å². The van der Waals surface area contributed by atoms with Crippen LogP contribution >= 0.6 is 0 Å². The first-order valence-electron chi connectivity index (χ1n) is 4.70. The summed E-state index contributed by atoms with van der Waals surface area (Å²) >= 11 is 0. The first kappa shape index (κ1) is 11.1. The highest BCUT2D eigenvalue weighted by Gasteiger charge is 2.18. The molecule has 3 N–H and O–H groups in total. The molecule has 0 fully saturated rings. The second-order valence-corrected chi connectivity index (χ2v) is 3.25. The number of carboxylic acid groups (broad SMARTS) is 1. The van der Waals surface area contributed by atoms with Gasteiger partial charge in [-0.2, -0.15) is 4.80 Å². The van der Waals surface area contributed by atoms with E-state index in [1.165, 1.54) is 9.48 Å². The molecule has 2 heterocycles. The minimum absolute atomic E-state index is 0.0227. The van der Waals surface area contributed by atoms with Crippen LogP contribution in [0.1, 0.15) is 22.0 Å². The van der Waals surface area contributed by atoms with Crippen LogP contribution in [0, 0.1) is 0 Å². The van der Waals surface area contributed by atoms with Gasteiger partial charge in [-0.25, -0.2) is 9.48 Å². The molecule has 90 valence electrons. The molecule has 10 heteroatoms. The zero-order valence-corrected chi connectivity index (χ0v) is 8.98. The minimum Gasteiger partial charge on any atom is -0.476 e. The predicted octanol–water partition coefficient (Wildman–Crippen LogP) is -1.99. The highest BCUT2D eigenvalue weighted by molar-refractivity contribution is 5.86. The van der Waals surface area contributed by atoms with Crippen LogP contribution in [-0.2, 0) is 20.1 Å². The highest BCUT2D eigenvalue weighted by atomic mass is 16.4. The van der Waals surface area contributed by atoms with Gasteiger partial charge < -0.3 is 10.8 Å². The topological polar surface area (TPSA) is 138 Å². The van der Waals surface area contributed by atoms with E-state index in [0.717, 1.165) is 0 Å². The van der Waals surface area contributed by atoms with E-state index in [0.29, 0.717) is 11.5 Å². The fraction of sp³-hybridized carbons (Fsp3) is 0.429. The van der Waals surface area contributed by atoms with Gasteiger partial charge in [0.2, 0.25) is 0 Å². The minimum atomic E-state index is -1.16. The molecule has 0 spiro atoms. The van der Waals surface area contributed by atoms with Gasteiger partial charge in [-0.1, -0.05) is 5.21 Å². The third-order valence-electron chi connectivity index (χ3n) is 2.07. The summed E-state index contributed by atoms with van der Waals surface area (Å²) in [6, 6.07) is 0. The van der Waals surface area contributed by atoms with Crippen molar-refractivity contribution in [2.45, 2.75) is 13.1 Å². The maximum atomic E-state index is 10.8. The standard InChI is InChI=1S/C7H10N8O2/c1-14-11-5(9-12-14)3-15-4(2-8)6(7(16)17)10-13-15/h2-3,8H2,1H3,(H,16,17). The number of nitrogens with two attached hydrogens (primary N) is 1. The molecule has 0 amide bonds. The van der Waals surface area contributed by atoms with Crippen molar-refractivity contribution in [3.05, 3.63) is 17.2 Å². The molecule has 2 rings (SSSR count). The summed E-state index contributed by atoms with van der Waals surface area (Å²) in [5.74, 6) is -0.757. The van der Waals surface area contributed by atoms with Crippen molar-refractivity contribution < 1.29 is 9.90 Å². The third-order valence-corrected chi connectivity index (χ3v) is 2.07. The number of hydrogen-bond donors (Lipinski definition) is 2. The van der Waals surface area contributed by atoms with Crippen LogP contribution < -0.4 is 5.73 Å². The van der Waals surface area contributed by atoms with Crippen LogP contribution in [0.25, 0.3) is 0 Å². The fourth-order valence-corrected chi connectivity index (χ4v) is 1.35. The van der Waals surface area contributed by atoms with E-state index in [1.54, 1.807) is 7.05 Å². The number of tetrazole rings is 1. The monoisotopic (exact) mass is 238 g/mol. The average Bonchev–Trinajstić information content (AvgIpc) is 2.85. The van der Waals surface area contributed by atoms with Gasteiger partial charge in [0.25, 0.3) is 0 Å². The largest absolute Gasteiger partial charge is 0.476 e. The predicted molar refractivity (Wildman–Crippen MR) is 52.8 cm³/mol. The fourth-order valence-electron chi connectivity index (χ4n) is 1.35. The summed E-state index contributed by atoms with van der Waals surface area (Å²) in [5.41, 5.74) is 5.63. The summed E-state index contributed by atoms with van der Waals surface area (Å²) in [5, 5.41) is 27.5. The Morgan fingerprint density at radius 1 is 1.41 bits per heavy atom. The molecule has 0 bridgehead atoms. The molecule has 2 aromatic rings. The molecule has 0 saturated heterocycles. The SMILES string of the molecule is Cn1nnc(Cn2nnc(C(=O)O)c2CN)n1. The summed E-state index contributed by atoms with van der Waals surface area (Å²) in [7, 11) is 1.63. The molecule has 0 radical (unpaired) electrons. The van der Waals surface area contributed by atoms with Gasteiger partial charge in [0.05, 0.1) is 12.7 Å². The van der Waals surface area contributed by atoms with E-state index in [9.17, 15) is 4.79 Å². The van der Waals surface area contributed by atoms with Gasteiger partial charge in [-0.05, 0) is 5.21 Å². The maximum Gasteiger partial charge on any atom is 0.358 e. The van der Waals surface area contributed by atoms with Crippen molar-refractivity contribution >= 4 is 5.97 Å². The van der Waals surface area contributed by atoms with Gasteiger partial charge in [-0.15, -0.1) is 15.3 Å². The molecule has 0 saturated carbocycles. The number of carbonyl (C=O) groups is 1. The van der Waals surface area contributed by atoms with Gasteiger partial charge >= 0.3 is 5.97 Å². The summed E-state index contributed by atoms with van der Waals surface area (Å²) < 4.78 is 1.35. The number of rotatable bonds is 4. The van der Waals surface area contributed by atoms with Crippen LogP contribution in [-0.4, -0.2) is 46.3 Å². The van der Waals surface area contributed by atoms with Crippen LogP contribution in [0.15, 0.2) is 0 Å². The lowest BCUT2D eigenvalue weighted by atomic mass is 10.3. The smallest absolute Gasteiger partial charge is 0.358 e. The second-order valence-electron chi connectivity index (χ2n) is 3.25. The summed E-state index contributed by atoms with van der Waals surface area (Å²) in [6.45, 7) is 0.204. The number of aryl methyl sites for hydroxylation is 1. The molecule has 0 aliphatic rings. The lowest BCUT2D eigenvalue weighted by Crippen LogP contribution is -2.14. The van der Waals surface area contributed by atoms with Crippen molar-refractivity contribution in [2.75, 3.05) is 0 Å². The van der Waals surface area contributed by atoms with Gasteiger partial charge in [-0.3, -0.25) is 0 Å². The molecular formula is C7H10N8O2. The first-order valence-corrected chi connectivity index (χ1v) is 4.70. The lowest BCUT2D eigenvalue weighted by Gasteiger charge is -2.00. The molecule has 0 unspecified atom stereocenters. The Bertz CT molecular complexity index is 544. The van der Waals surface area contributed by atoms with E-state index >= 15 is 0 Å². The molecule has 0 aliphatic heterocycles. The van der Waals surface area contributed by atoms with Gasteiger partial charge in [0.1, 0.15) is 6.54 Å². The van der Waals surface area contributed by atoms with E-state index in [1.807, 2.05) is 0 Å². The zero-order chi connectivity index (χ0) is 12.4. The van der Waals surface area contributed by atoms with Crippen LogP contribution in [0.4, 0.5) is 0 Å². The second kappa shape index (κ2) is 4.25. The number of nitrogens with zero attached hydrogens (tertiary/aromatic N) is 7. The van der Waals surface area contributed by atoms with E-state index in [4.69, 9.17) is 10.8 Å². The van der Waals surface area contributed by atoms with Crippen molar-refractivity contribution in [1.29, 1.82) is 0 Å². The van der Waals surface area contributed by atoms with Crippen LogP contribution in [0.5, 0.6) is 0 Å². The Morgan fingerprint density at radius 2 is 2.18 bits per heavy atom. The molecular weight excluding hydrogens is 228 g/mol. The highest BCUT2D eigenvalue weighted by Crippen LogP contribution is 2.05. The van der Waals surface area contributed by atoms with E-state index < -0.39 is 5.97 Å². The quantitative estimate of drug-likeness (QED) is 0.624. The molecule has 10 nitrogen and oxygen atoms in total. The van der Waals surface area contributed by atoms with Crippen LogP contribution in [0.2, 0.25) is 0 Å². The number of hydrogen-bond acceptors (Lipinski definition) is 7. The van der Waals surface area contributed by atoms with Gasteiger partial charge in [0.15, 0.2) is 11.5 Å². The average molecular weight is 238 g/mol. The molecule has 0 aliphatic carbocycles. The molecule has 2 aromatic heterocycles. The molecule has 17 heavy (non-hydrogen) atoms. The van der Waals surface area contributed by atoms with Crippen molar-refractivity contribution in [3.63, 3.8) is 0 Å². The Balaban J connectivity index is 2.30. The Labute approximate surface area is 95.0 Å². The van der Waals surface area contributed by atoms with Crippen molar-refractivity contribution in [3.8, 4) is 0 Å². The normalized spacial score (nSPS) is 10.7. The number of aromatic carboxylic acids is 1. The Kier molecular flexibility index (Phi) is 2.78. The van der Waals surface area contributed by atoms with Crippen LogP contribution in [0.3, 0.4) is 0 Å². The third kappa shape index (κ3) is 2.10. The Hall–Kier alpha value is -2.36. The van der Waals surface area contributed by atoms with Crippen molar-refractivity contribution in [1.82, 2.24) is 35.2 Å². The van der Waals surface area contributed by atoms with E-state index in [-0.39, 0.29) is 18.8 Å². The summed E-state index contributed by atoms with van der Waals surface area (Å²) in [6.07, 6.45) is 0. The number of aromatic nitrogens is 7. The zero-order valence-electron chi connectivity index (χ0n) is 8.98. The molecule has 0 aromatic carbocycles. The summed E-state index contributed by atoms with van der Waals surface area (Å²) in [4.78, 5) is 12.1. The van der Waals surface area contributed by atoms with E-state index in [2.05, 4.69) is 25.7 Å². The lowest BCUT2D eigenvalue weighted by molar-refractivity contribution is 0.0689.